The molecule has 0 aliphatic heterocycles. The summed E-state index contributed by atoms with van der Waals surface area (Å²) in [5, 5.41) is 0. The van der Waals surface area contributed by atoms with Gasteiger partial charge in [0.15, 0.2) is 0 Å². The minimum Gasteiger partial charge on any atom is -0.485 e. The van der Waals surface area contributed by atoms with Crippen molar-refractivity contribution in [1.29, 1.82) is 0 Å². The molecule has 0 saturated heterocycles. The van der Waals surface area contributed by atoms with Crippen LogP contribution in [0.2, 0.25) is 0 Å². The quantitative estimate of drug-likeness (QED) is 0.218. The molecule has 140 valence electrons. The van der Waals surface area contributed by atoms with E-state index in [1.807, 2.05) is 31.2 Å². The zero-order chi connectivity index (χ0) is 19.2. The summed E-state index contributed by atoms with van der Waals surface area (Å²) in [5.41, 5.74) is 1.47. The zero-order valence-corrected chi connectivity index (χ0v) is 17.8. The molecular weight excluding hydrogens is 443 g/mol. The van der Waals surface area contributed by atoms with E-state index in [1.165, 1.54) is 0 Å². The predicted octanol–water partition coefficient (Wildman–Crippen LogP) is 6.25. The van der Waals surface area contributed by atoms with Gasteiger partial charge in [0.05, 0.1) is 0 Å². The van der Waals surface area contributed by atoms with Crippen LogP contribution in [-0.2, 0) is 4.74 Å². The van der Waals surface area contributed by atoms with Gasteiger partial charge in [-0.2, -0.15) is 0 Å². The summed E-state index contributed by atoms with van der Waals surface area (Å²) in [6.07, 6.45) is 0.197. The summed E-state index contributed by atoms with van der Waals surface area (Å²) in [6, 6.07) is 15.5. The minimum atomic E-state index is -0.711. The maximum Gasteiger partial charge on any atom is 0.514 e. The first kappa shape index (κ1) is 20.6. The summed E-state index contributed by atoms with van der Waals surface area (Å²) >= 11 is 2.36. The number of carbonyl (C=O) groups excluding carboxylic acids is 1. The number of carbonyl (C=O) groups is 1. The topological polar surface area (TPSA) is 44.8 Å². The van der Waals surface area contributed by atoms with Crippen molar-refractivity contribution in [3.05, 3.63) is 59.7 Å². The van der Waals surface area contributed by atoms with Gasteiger partial charge >= 0.3 is 6.16 Å². The van der Waals surface area contributed by atoms with Crippen molar-refractivity contribution < 1.29 is 19.0 Å². The Hall–Kier alpha value is -1.76. The maximum atomic E-state index is 11.8. The number of alkyl halides is 1. The number of rotatable bonds is 6. The molecule has 5 heteroatoms. The van der Waals surface area contributed by atoms with Crippen molar-refractivity contribution >= 4 is 28.7 Å². The molecular formula is C21H25IO4. The van der Waals surface area contributed by atoms with Gasteiger partial charge < -0.3 is 14.2 Å². The molecule has 26 heavy (non-hydrogen) atoms. The highest BCUT2D eigenvalue weighted by Crippen LogP contribution is 2.30. The number of ether oxygens (including phenoxy) is 3. The van der Waals surface area contributed by atoms with E-state index in [0.717, 1.165) is 27.7 Å². The molecule has 0 heterocycles. The van der Waals surface area contributed by atoms with Crippen molar-refractivity contribution in [2.45, 2.75) is 45.8 Å². The number of aryl methyl sites for hydroxylation is 1. The van der Waals surface area contributed by atoms with Crippen LogP contribution in [0.25, 0.3) is 0 Å². The van der Waals surface area contributed by atoms with Crippen LogP contribution >= 0.6 is 22.6 Å². The number of hydrogen-bond donors (Lipinski definition) is 0. The predicted molar refractivity (Wildman–Crippen MR) is 111 cm³/mol. The third-order valence-corrected chi connectivity index (χ3v) is 4.17. The first-order chi connectivity index (χ1) is 12.3. The van der Waals surface area contributed by atoms with Crippen molar-refractivity contribution in [2.24, 2.45) is 0 Å². The standard InChI is InChI=1S/C21H25IO4/c1-15-14-17(24-20(23)26-21(2,3)4)10-11-18(15)25-19(12-13-22)16-8-6-5-7-9-16/h5-11,14,19H,12-13H2,1-4H3/t19-/m0/s1. The second kappa shape index (κ2) is 9.26. The van der Waals surface area contributed by atoms with E-state index in [9.17, 15) is 4.79 Å². The average Bonchev–Trinajstić information content (AvgIpc) is 2.55. The Morgan fingerprint density at radius 1 is 1.12 bits per heavy atom. The molecule has 0 fully saturated rings. The van der Waals surface area contributed by atoms with Crippen LogP contribution in [0.1, 0.15) is 44.4 Å². The lowest BCUT2D eigenvalue weighted by molar-refractivity contribution is 0.0206. The van der Waals surface area contributed by atoms with Crippen LogP contribution in [0.3, 0.4) is 0 Å². The molecule has 2 aromatic carbocycles. The third kappa shape index (κ3) is 6.52. The second-order valence-electron chi connectivity index (χ2n) is 6.99. The molecule has 0 bridgehead atoms. The molecule has 0 aromatic heterocycles. The van der Waals surface area contributed by atoms with Crippen molar-refractivity contribution in [3.8, 4) is 11.5 Å². The zero-order valence-electron chi connectivity index (χ0n) is 15.6. The molecule has 0 aliphatic carbocycles. The van der Waals surface area contributed by atoms with Crippen LogP contribution in [0.5, 0.6) is 11.5 Å². The monoisotopic (exact) mass is 468 g/mol. The Bertz CT molecular complexity index is 723. The number of halogens is 1. The Balaban J connectivity index is 2.09. The Labute approximate surface area is 169 Å². The maximum absolute atomic E-state index is 11.8. The van der Waals surface area contributed by atoms with E-state index >= 15 is 0 Å². The van der Waals surface area contributed by atoms with Gasteiger partial charge in [-0.15, -0.1) is 0 Å². The van der Waals surface area contributed by atoms with Gasteiger partial charge in [0.25, 0.3) is 0 Å². The Morgan fingerprint density at radius 3 is 2.38 bits per heavy atom. The third-order valence-electron chi connectivity index (χ3n) is 3.55. The molecule has 4 nitrogen and oxygen atoms in total. The highest BCUT2D eigenvalue weighted by Gasteiger charge is 2.19. The molecule has 0 amide bonds. The van der Waals surface area contributed by atoms with Gasteiger partial charge in [-0.1, -0.05) is 52.9 Å². The highest BCUT2D eigenvalue weighted by molar-refractivity contribution is 14.1. The molecule has 0 unspecified atom stereocenters. The van der Waals surface area contributed by atoms with Gasteiger partial charge in [0.1, 0.15) is 23.2 Å². The molecule has 0 radical (unpaired) electrons. The summed E-state index contributed by atoms with van der Waals surface area (Å²) in [6.45, 7) is 7.33. The molecule has 0 saturated carbocycles. The van der Waals surface area contributed by atoms with Crippen LogP contribution in [0.15, 0.2) is 48.5 Å². The Morgan fingerprint density at radius 2 is 1.81 bits per heavy atom. The first-order valence-electron chi connectivity index (χ1n) is 8.57. The Kier molecular flexibility index (Phi) is 7.32. The van der Waals surface area contributed by atoms with E-state index in [4.69, 9.17) is 14.2 Å². The fourth-order valence-electron chi connectivity index (χ4n) is 2.40. The van der Waals surface area contributed by atoms with E-state index in [0.29, 0.717) is 5.75 Å². The fourth-order valence-corrected chi connectivity index (χ4v) is 2.96. The summed E-state index contributed by atoms with van der Waals surface area (Å²) < 4.78 is 17.7. The highest BCUT2D eigenvalue weighted by atomic mass is 127. The number of hydrogen-bond acceptors (Lipinski definition) is 4. The molecule has 0 N–H and O–H groups in total. The molecule has 2 aromatic rings. The smallest absolute Gasteiger partial charge is 0.485 e. The lowest BCUT2D eigenvalue weighted by atomic mass is 10.1. The van der Waals surface area contributed by atoms with Gasteiger partial charge in [-0.3, -0.25) is 0 Å². The van der Waals surface area contributed by atoms with E-state index < -0.39 is 11.8 Å². The van der Waals surface area contributed by atoms with Crippen LogP contribution in [0.4, 0.5) is 4.79 Å². The van der Waals surface area contributed by atoms with Crippen molar-refractivity contribution in [1.82, 2.24) is 0 Å². The SMILES string of the molecule is Cc1cc(OC(=O)OC(C)(C)C)ccc1O[C@@H](CCI)c1ccccc1. The normalized spacial score (nSPS) is 12.3. The molecule has 1 atom stereocenters. The van der Waals surface area contributed by atoms with Gasteiger partial charge in [0.2, 0.25) is 0 Å². The average molecular weight is 468 g/mol. The van der Waals surface area contributed by atoms with E-state index in [-0.39, 0.29) is 6.10 Å². The van der Waals surface area contributed by atoms with Crippen molar-refractivity contribution in [3.63, 3.8) is 0 Å². The summed E-state index contributed by atoms with van der Waals surface area (Å²) in [7, 11) is 0. The van der Waals surface area contributed by atoms with E-state index in [2.05, 4.69) is 34.7 Å². The lowest BCUT2D eigenvalue weighted by Crippen LogP contribution is -2.26. The summed E-state index contributed by atoms with van der Waals surface area (Å²) in [4.78, 5) is 11.8. The fraction of sp³-hybridized carbons (Fsp3) is 0.381. The van der Waals surface area contributed by atoms with Crippen LogP contribution in [-0.4, -0.2) is 16.2 Å². The minimum absolute atomic E-state index is 0.00979. The van der Waals surface area contributed by atoms with Gasteiger partial charge in [-0.25, -0.2) is 4.79 Å². The van der Waals surface area contributed by atoms with Crippen molar-refractivity contribution in [2.75, 3.05) is 4.43 Å². The van der Waals surface area contributed by atoms with Gasteiger partial charge in [-0.05, 0) is 63.4 Å². The number of benzene rings is 2. The molecule has 0 aliphatic rings. The lowest BCUT2D eigenvalue weighted by Gasteiger charge is -2.21. The largest absolute Gasteiger partial charge is 0.514 e. The molecule has 0 spiro atoms. The van der Waals surface area contributed by atoms with Crippen LogP contribution in [0, 0.1) is 6.92 Å². The van der Waals surface area contributed by atoms with Crippen LogP contribution < -0.4 is 9.47 Å². The summed E-state index contributed by atoms with van der Waals surface area (Å²) in [5.74, 6) is 1.22. The van der Waals surface area contributed by atoms with Gasteiger partial charge in [0, 0.05) is 4.43 Å². The first-order valence-corrected chi connectivity index (χ1v) is 10.1. The molecule has 2 rings (SSSR count). The van der Waals surface area contributed by atoms with E-state index in [1.54, 1.807) is 32.9 Å². The second-order valence-corrected chi connectivity index (χ2v) is 8.07.